The van der Waals surface area contributed by atoms with E-state index < -0.39 is 0 Å². The Balaban J connectivity index is 2.10. The van der Waals surface area contributed by atoms with Crippen LogP contribution in [0.1, 0.15) is 29.9 Å². The molecule has 0 saturated carbocycles. The van der Waals surface area contributed by atoms with Crippen LogP contribution in [0.5, 0.6) is 0 Å². The van der Waals surface area contributed by atoms with Crippen molar-refractivity contribution < 1.29 is 4.79 Å². The Kier molecular flexibility index (Phi) is 4.75. The van der Waals surface area contributed by atoms with E-state index >= 15 is 0 Å². The van der Waals surface area contributed by atoms with Gasteiger partial charge in [0.15, 0.2) is 0 Å². The quantitative estimate of drug-likeness (QED) is 0.909. The predicted molar refractivity (Wildman–Crippen MR) is 84.1 cm³/mol. The zero-order chi connectivity index (χ0) is 15.4. The molecular weight excluding hydrogens is 288 g/mol. The normalized spacial score (nSPS) is 10.5. The number of hydrogen-bond donors (Lipinski definition) is 2. The van der Waals surface area contributed by atoms with Crippen molar-refractivity contribution in [2.75, 3.05) is 5.32 Å². The summed E-state index contributed by atoms with van der Waals surface area (Å²) in [5.41, 5.74) is 2.20. The van der Waals surface area contributed by atoms with Crippen molar-refractivity contribution in [2.24, 2.45) is 0 Å². The highest BCUT2D eigenvalue weighted by molar-refractivity contribution is 6.30. The highest BCUT2D eigenvalue weighted by atomic mass is 35.5. The molecule has 5 nitrogen and oxygen atoms in total. The summed E-state index contributed by atoms with van der Waals surface area (Å²) in [6, 6.07) is 5.60. The van der Waals surface area contributed by atoms with Gasteiger partial charge in [-0.1, -0.05) is 11.6 Å². The molecule has 0 aliphatic rings. The second kappa shape index (κ2) is 6.54. The number of benzene rings is 1. The van der Waals surface area contributed by atoms with E-state index in [1.807, 2.05) is 32.9 Å². The summed E-state index contributed by atoms with van der Waals surface area (Å²) >= 11 is 5.92. The number of carbonyl (C=O) groups is 1. The standard InChI is InChI=1S/C15H17ClN4O/c1-9(2)19-15(21)13-7-18-14(8-17-13)20-12-5-4-11(16)6-10(12)3/h4-9H,1-3H3,(H,18,20)(H,19,21). The highest BCUT2D eigenvalue weighted by Crippen LogP contribution is 2.22. The molecule has 110 valence electrons. The summed E-state index contributed by atoms with van der Waals surface area (Å²) in [5, 5.41) is 6.59. The molecule has 1 aromatic heterocycles. The van der Waals surface area contributed by atoms with Crippen LogP contribution in [-0.2, 0) is 0 Å². The molecule has 0 atom stereocenters. The van der Waals surface area contributed by atoms with E-state index in [2.05, 4.69) is 20.6 Å². The van der Waals surface area contributed by atoms with E-state index in [1.54, 1.807) is 6.07 Å². The lowest BCUT2D eigenvalue weighted by atomic mass is 10.2. The van der Waals surface area contributed by atoms with Crippen LogP contribution >= 0.6 is 11.6 Å². The molecule has 2 rings (SSSR count). The van der Waals surface area contributed by atoms with E-state index in [0.29, 0.717) is 16.5 Å². The Morgan fingerprint density at radius 1 is 1.24 bits per heavy atom. The number of anilines is 2. The summed E-state index contributed by atoms with van der Waals surface area (Å²) in [5.74, 6) is 0.341. The number of carbonyl (C=O) groups excluding carboxylic acids is 1. The number of amides is 1. The zero-order valence-electron chi connectivity index (χ0n) is 12.1. The Morgan fingerprint density at radius 2 is 2.00 bits per heavy atom. The number of halogens is 1. The molecule has 0 aliphatic carbocycles. The minimum absolute atomic E-state index is 0.0637. The van der Waals surface area contributed by atoms with E-state index in [4.69, 9.17) is 11.6 Å². The third-order valence-corrected chi connectivity index (χ3v) is 2.99. The van der Waals surface area contributed by atoms with E-state index in [0.717, 1.165) is 11.3 Å². The van der Waals surface area contributed by atoms with Gasteiger partial charge in [-0.3, -0.25) is 4.79 Å². The van der Waals surface area contributed by atoms with Gasteiger partial charge in [0, 0.05) is 16.8 Å². The van der Waals surface area contributed by atoms with Crippen molar-refractivity contribution in [1.29, 1.82) is 0 Å². The lowest BCUT2D eigenvalue weighted by Gasteiger charge is -2.10. The third kappa shape index (κ3) is 4.16. The molecule has 0 aliphatic heterocycles. The lowest BCUT2D eigenvalue weighted by molar-refractivity contribution is 0.0937. The molecule has 2 N–H and O–H groups in total. The Bertz CT molecular complexity index is 641. The van der Waals surface area contributed by atoms with Gasteiger partial charge < -0.3 is 10.6 Å². The van der Waals surface area contributed by atoms with Crippen LogP contribution in [0.15, 0.2) is 30.6 Å². The summed E-state index contributed by atoms with van der Waals surface area (Å²) in [7, 11) is 0. The van der Waals surface area contributed by atoms with Gasteiger partial charge in [0.25, 0.3) is 5.91 Å². The molecule has 0 fully saturated rings. The second-order valence-corrected chi connectivity index (χ2v) is 5.44. The first-order chi connectivity index (χ1) is 9.95. The molecule has 1 aromatic carbocycles. The van der Waals surface area contributed by atoms with Crippen molar-refractivity contribution in [3.05, 3.63) is 46.9 Å². The first-order valence-corrected chi connectivity index (χ1v) is 6.99. The second-order valence-electron chi connectivity index (χ2n) is 5.00. The van der Waals surface area contributed by atoms with Crippen LogP contribution < -0.4 is 10.6 Å². The first-order valence-electron chi connectivity index (χ1n) is 6.62. The van der Waals surface area contributed by atoms with Crippen LogP contribution in [0.25, 0.3) is 0 Å². The van der Waals surface area contributed by atoms with Crippen molar-refractivity contribution in [3.8, 4) is 0 Å². The smallest absolute Gasteiger partial charge is 0.271 e. The summed E-state index contributed by atoms with van der Waals surface area (Å²) < 4.78 is 0. The minimum Gasteiger partial charge on any atom is -0.348 e. The maximum Gasteiger partial charge on any atom is 0.271 e. The van der Waals surface area contributed by atoms with Gasteiger partial charge in [-0.2, -0.15) is 0 Å². The molecule has 1 heterocycles. The van der Waals surface area contributed by atoms with Gasteiger partial charge in [-0.15, -0.1) is 0 Å². The first kappa shape index (κ1) is 15.3. The Labute approximate surface area is 128 Å². The molecule has 1 amide bonds. The zero-order valence-corrected chi connectivity index (χ0v) is 12.9. The summed E-state index contributed by atoms with van der Waals surface area (Å²) in [4.78, 5) is 20.1. The number of aromatic nitrogens is 2. The number of nitrogens with zero attached hydrogens (tertiary/aromatic N) is 2. The topological polar surface area (TPSA) is 66.9 Å². The summed E-state index contributed by atoms with van der Waals surface area (Å²) in [6.07, 6.45) is 2.98. The number of hydrogen-bond acceptors (Lipinski definition) is 4. The van der Waals surface area contributed by atoms with Gasteiger partial charge in [-0.05, 0) is 44.5 Å². The average molecular weight is 305 g/mol. The number of aryl methyl sites for hydroxylation is 1. The van der Waals surface area contributed by atoms with Gasteiger partial charge in [0.05, 0.1) is 12.4 Å². The molecule has 0 unspecified atom stereocenters. The molecule has 6 heteroatoms. The van der Waals surface area contributed by atoms with Crippen molar-refractivity contribution >= 4 is 29.0 Å². The predicted octanol–water partition coefficient (Wildman–Crippen LogP) is 3.32. The molecule has 2 aromatic rings. The van der Waals surface area contributed by atoms with Crippen molar-refractivity contribution in [2.45, 2.75) is 26.8 Å². The van der Waals surface area contributed by atoms with Crippen LogP contribution in [0.3, 0.4) is 0 Å². The lowest BCUT2D eigenvalue weighted by Crippen LogP contribution is -2.30. The van der Waals surface area contributed by atoms with Crippen LogP contribution in [0, 0.1) is 6.92 Å². The maximum absolute atomic E-state index is 11.8. The monoisotopic (exact) mass is 304 g/mol. The molecule has 0 radical (unpaired) electrons. The van der Waals surface area contributed by atoms with Gasteiger partial charge >= 0.3 is 0 Å². The Morgan fingerprint density at radius 3 is 2.57 bits per heavy atom. The van der Waals surface area contributed by atoms with E-state index in [-0.39, 0.29) is 11.9 Å². The SMILES string of the molecule is Cc1cc(Cl)ccc1Nc1cnc(C(=O)NC(C)C)cn1. The van der Waals surface area contributed by atoms with Crippen molar-refractivity contribution in [3.63, 3.8) is 0 Å². The van der Waals surface area contributed by atoms with Gasteiger partial charge in [0.1, 0.15) is 11.5 Å². The van der Waals surface area contributed by atoms with Gasteiger partial charge in [0.2, 0.25) is 0 Å². The molecule has 0 spiro atoms. The average Bonchev–Trinajstić information content (AvgIpc) is 2.42. The fourth-order valence-electron chi connectivity index (χ4n) is 1.75. The van der Waals surface area contributed by atoms with Crippen molar-refractivity contribution in [1.82, 2.24) is 15.3 Å². The number of rotatable bonds is 4. The fraction of sp³-hybridized carbons (Fsp3) is 0.267. The van der Waals surface area contributed by atoms with E-state index in [9.17, 15) is 4.79 Å². The highest BCUT2D eigenvalue weighted by Gasteiger charge is 2.09. The fourth-order valence-corrected chi connectivity index (χ4v) is 1.98. The van der Waals surface area contributed by atoms with Crippen LogP contribution in [0.2, 0.25) is 5.02 Å². The van der Waals surface area contributed by atoms with Crippen LogP contribution in [0.4, 0.5) is 11.5 Å². The minimum atomic E-state index is -0.230. The van der Waals surface area contributed by atoms with Crippen LogP contribution in [-0.4, -0.2) is 21.9 Å². The maximum atomic E-state index is 11.8. The summed E-state index contributed by atoms with van der Waals surface area (Å²) in [6.45, 7) is 5.74. The Hall–Kier alpha value is -2.14. The molecule has 21 heavy (non-hydrogen) atoms. The third-order valence-electron chi connectivity index (χ3n) is 2.76. The molecular formula is C15H17ClN4O. The molecule has 0 saturated heterocycles. The molecule has 0 bridgehead atoms. The van der Waals surface area contributed by atoms with Gasteiger partial charge in [-0.25, -0.2) is 9.97 Å². The largest absolute Gasteiger partial charge is 0.348 e. The number of nitrogens with one attached hydrogen (secondary N) is 2. The van der Waals surface area contributed by atoms with E-state index in [1.165, 1.54) is 12.4 Å².